The number of hydrogen-bond acceptors (Lipinski definition) is 5. The molecule has 1 saturated carbocycles. The van der Waals surface area contributed by atoms with E-state index in [0.717, 1.165) is 25.7 Å². The Morgan fingerprint density at radius 3 is 2.24 bits per heavy atom. The molecule has 7 heteroatoms. The largest absolute Gasteiger partial charge is 0.493 e. The van der Waals surface area contributed by atoms with Crippen LogP contribution in [0.2, 0.25) is 0 Å². The van der Waals surface area contributed by atoms with Crippen LogP contribution in [0, 0.1) is 16.0 Å². The topological polar surface area (TPSA) is 87.6 Å². The maximum atomic E-state index is 11.3. The van der Waals surface area contributed by atoms with Crippen LogP contribution >= 0.6 is 12.4 Å². The zero-order valence-electron chi connectivity index (χ0n) is 12.2. The lowest BCUT2D eigenvalue weighted by atomic mass is 9.91. The van der Waals surface area contributed by atoms with Crippen LogP contribution < -0.4 is 15.2 Å². The number of nitrogens with zero attached hydrogens (tertiary/aromatic N) is 1. The molecule has 118 valence electrons. The second kappa shape index (κ2) is 7.47. The first-order valence-electron chi connectivity index (χ1n) is 6.74. The molecule has 0 radical (unpaired) electrons. The van der Waals surface area contributed by atoms with Gasteiger partial charge in [-0.1, -0.05) is 12.8 Å². The molecule has 0 amide bonds. The summed E-state index contributed by atoms with van der Waals surface area (Å²) in [7, 11) is 2.96. The number of nitrogens with two attached hydrogens (primary N) is 1. The summed E-state index contributed by atoms with van der Waals surface area (Å²) in [5, 5.41) is 11.3. The number of halogens is 1. The normalized spacial score (nSPS) is 16.1. The SMILES string of the molecule is COc1cc([C@@H](N)C2CCCC2)c([N+](=O)[O-])cc1OC.Cl. The van der Waals surface area contributed by atoms with Gasteiger partial charge in [0.25, 0.3) is 5.69 Å². The Labute approximate surface area is 130 Å². The molecule has 0 saturated heterocycles. The van der Waals surface area contributed by atoms with Gasteiger partial charge >= 0.3 is 0 Å². The zero-order valence-corrected chi connectivity index (χ0v) is 13.0. The van der Waals surface area contributed by atoms with E-state index in [1.54, 1.807) is 6.07 Å². The molecule has 2 N–H and O–H groups in total. The first-order valence-corrected chi connectivity index (χ1v) is 6.74. The highest BCUT2D eigenvalue weighted by Gasteiger charge is 2.30. The highest BCUT2D eigenvalue weighted by molar-refractivity contribution is 5.85. The van der Waals surface area contributed by atoms with Crippen LogP contribution in [0.5, 0.6) is 11.5 Å². The van der Waals surface area contributed by atoms with Crippen LogP contribution in [0.3, 0.4) is 0 Å². The third kappa shape index (κ3) is 3.57. The Kier molecular flexibility index (Phi) is 6.23. The van der Waals surface area contributed by atoms with E-state index in [9.17, 15) is 10.1 Å². The summed E-state index contributed by atoms with van der Waals surface area (Å²) in [5.74, 6) is 1.12. The van der Waals surface area contributed by atoms with Crippen molar-refractivity contribution in [2.75, 3.05) is 14.2 Å². The highest BCUT2D eigenvalue weighted by Crippen LogP contribution is 2.42. The Morgan fingerprint density at radius 2 is 1.76 bits per heavy atom. The molecular formula is C14H21ClN2O4. The number of benzene rings is 1. The third-order valence-electron chi connectivity index (χ3n) is 4.00. The monoisotopic (exact) mass is 316 g/mol. The molecule has 1 aromatic carbocycles. The van der Waals surface area contributed by atoms with Gasteiger partial charge in [-0.2, -0.15) is 0 Å². The van der Waals surface area contributed by atoms with E-state index in [0.29, 0.717) is 23.0 Å². The molecule has 21 heavy (non-hydrogen) atoms. The predicted molar refractivity (Wildman–Crippen MR) is 82.3 cm³/mol. The molecule has 1 atom stereocenters. The van der Waals surface area contributed by atoms with E-state index in [2.05, 4.69) is 0 Å². The van der Waals surface area contributed by atoms with Gasteiger partial charge in [-0.25, -0.2) is 0 Å². The fourth-order valence-electron chi connectivity index (χ4n) is 2.88. The van der Waals surface area contributed by atoms with Crippen LogP contribution in [0.15, 0.2) is 12.1 Å². The van der Waals surface area contributed by atoms with Crippen molar-refractivity contribution in [1.82, 2.24) is 0 Å². The molecule has 0 unspecified atom stereocenters. The summed E-state index contributed by atoms with van der Waals surface area (Å²) in [6.07, 6.45) is 4.32. The smallest absolute Gasteiger partial charge is 0.278 e. The zero-order chi connectivity index (χ0) is 14.7. The lowest BCUT2D eigenvalue weighted by Crippen LogP contribution is -2.20. The molecule has 0 aliphatic heterocycles. The van der Waals surface area contributed by atoms with Crippen LogP contribution in [0.1, 0.15) is 37.3 Å². The van der Waals surface area contributed by atoms with Gasteiger partial charge in [-0.05, 0) is 24.8 Å². The minimum absolute atomic E-state index is 0. The van der Waals surface area contributed by atoms with E-state index in [1.165, 1.54) is 20.3 Å². The number of nitro benzene ring substituents is 1. The Morgan fingerprint density at radius 1 is 1.24 bits per heavy atom. The Balaban J connectivity index is 0.00000220. The van der Waals surface area contributed by atoms with E-state index >= 15 is 0 Å². The fraction of sp³-hybridized carbons (Fsp3) is 0.571. The summed E-state index contributed by atoms with van der Waals surface area (Å²) in [4.78, 5) is 10.9. The van der Waals surface area contributed by atoms with Crippen molar-refractivity contribution in [3.05, 3.63) is 27.8 Å². The first-order chi connectivity index (χ1) is 9.58. The molecule has 6 nitrogen and oxygen atoms in total. The molecule has 1 aromatic rings. The van der Waals surface area contributed by atoms with Gasteiger partial charge in [0, 0.05) is 6.04 Å². The van der Waals surface area contributed by atoms with Crippen molar-refractivity contribution in [3.8, 4) is 11.5 Å². The van der Waals surface area contributed by atoms with Crippen LogP contribution in [0.4, 0.5) is 5.69 Å². The lowest BCUT2D eigenvalue weighted by Gasteiger charge is -2.20. The van der Waals surface area contributed by atoms with E-state index in [1.807, 2.05) is 0 Å². The van der Waals surface area contributed by atoms with Crippen molar-refractivity contribution in [3.63, 3.8) is 0 Å². The number of rotatable bonds is 5. The molecule has 0 bridgehead atoms. The average molecular weight is 317 g/mol. The van der Waals surface area contributed by atoms with Gasteiger partial charge < -0.3 is 15.2 Å². The lowest BCUT2D eigenvalue weighted by molar-refractivity contribution is -0.385. The first kappa shape index (κ1) is 17.5. The minimum atomic E-state index is -0.411. The highest BCUT2D eigenvalue weighted by atomic mass is 35.5. The number of ether oxygens (including phenoxy) is 2. The number of hydrogen-bond donors (Lipinski definition) is 1. The van der Waals surface area contributed by atoms with Crippen molar-refractivity contribution in [2.24, 2.45) is 11.7 Å². The molecule has 1 aliphatic rings. The van der Waals surface area contributed by atoms with E-state index in [-0.39, 0.29) is 24.1 Å². The molecule has 0 aromatic heterocycles. The van der Waals surface area contributed by atoms with E-state index < -0.39 is 4.92 Å². The molecule has 2 rings (SSSR count). The third-order valence-corrected chi connectivity index (χ3v) is 4.00. The Bertz CT molecular complexity index is 504. The summed E-state index contributed by atoms with van der Waals surface area (Å²) >= 11 is 0. The molecule has 1 fully saturated rings. The fourth-order valence-corrected chi connectivity index (χ4v) is 2.88. The van der Waals surface area contributed by atoms with Crippen molar-refractivity contribution < 1.29 is 14.4 Å². The van der Waals surface area contributed by atoms with E-state index in [4.69, 9.17) is 15.2 Å². The van der Waals surface area contributed by atoms with Gasteiger partial charge in [0.2, 0.25) is 0 Å². The minimum Gasteiger partial charge on any atom is -0.493 e. The Hall–Kier alpha value is -1.53. The maximum Gasteiger partial charge on any atom is 0.278 e. The van der Waals surface area contributed by atoms with Gasteiger partial charge in [-0.15, -0.1) is 12.4 Å². The molecule has 0 spiro atoms. The van der Waals surface area contributed by atoms with Crippen LogP contribution in [-0.4, -0.2) is 19.1 Å². The molecule has 0 heterocycles. The van der Waals surface area contributed by atoms with Gasteiger partial charge in [0.1, 0.15) is 0 Å². The van der Waals surface area contributed by atoms with Crippen molar-refractivity contribution in [2.45, 2.75) is 31.7 Å². The second-order valence-corrected chi connectivity index (χ2v) is 5.09. The summed E-state index contributed by atoms with van der Waals surface area (Å²) in [6.45, 7) is 0. The molecular weight excluding hydrogens is 296 g/mol. The van der Waals surface area contributed by atoms with Crippen LogP contribution in [0.25, 0.3) is 0 Å². The van der Waals surface area contributed by atoms with Crippen LogP contribution in [-0.2, 0) is 0 Å². The summed E-state index contributed by atoms with van der Waals surface area (Å²) in [6, 6.07) is 2.70. The van der Waals surface area contributed by atoms with Gasteiger partial charge in [0.15, 0.2) is 11.5 Å². The quantitative estimate of drug-likeness (QED) is 0.665. The number of nitro groups is 1. The average Bonchev–Trinajstić information content (AvgIpc) is 2.98. The summed E-state index contributed by atoms with van der Waals surface area (Å²) in [5.41, 5.74) is 6.78. The second-order valence-electron chi connectivity index (χ2n) is 5.09. The predicted octanol–water partition coefficient (Wildman–Crippen LogP) is 3.22. The van der Waals surface area contributed by atoms with Crippen molar-refractivity contribution >= 4 is 18.1 Å². The molecule has 1 aliphatic carbocycles. The van der Waals surface area contributed by atoms with Crippen molar-refractivity contribution in [1.29, 1.82) is 0 Å². The number of methoxy groups -OCH3 is 2. The summed E-state index contributed by atoms with van der Waals surface area (Å²) < 4.78 is 10.3. The van der Waals surface area contributed by atoms with Gasteiger partial charge in [-0.3, -0.25) is 10.1 Å². The maximum absolute atomic E-state index is 11.3. The standard InChI is InChI=1S/C14H20N2O4.ClH/c1-19-12-7-10(14(15)9-5-3-4-6-9)11(16(17)18)8-13(12)20-2;/h7-9,14H,3-6,15H2,1-2H3;1H/t14-;/m0./s1. The van der Waals surface area contributed by atoms with Gasteiger partial charge in [0.05, 0.1) is 30.8 Å².